The Labute approximate surface area is 184 Å². The summed E-state index contributed by atoms with van der Waals surface area (Å²) in [6, 6.07) is 14.3. The van der Waals surface area contributed by atoms with Crippen molar-refractivity contribution in [3.8, 4) is 0 Å². The van der Waals surface area contributed by atoms with Crippen LogP contribution in [-0.2, 0) is 20.1 Å². The van der Waals surface area contributed by atoms with E-state index in [0.717, 1.165) is 22.4 Å². The first-order valence-electron chi connectivity index (χ1n) is 10.6. The summed E-state index contributed by atoms with van der Waals surface area (Å²) in [5.41, 5.74) is 2.14. The molecule has 0 bridgehead atoms. The fourth-order valence-electron chi connectivity index (χ4n) is 4.45. The van der Waals surface area contributed by atoms with E-state index in [1.165, 1.54) is 10.6 Å². The van der Waals surface area contributed by atoms with Gasteiger partial charge in [0.05, 0.1) is 6.54 Å². The summed E-state index contributed by atoms with van der Waals surface area (Å²) in [5, 5.41) is 0. The van der Waals surface area contributed by atoms with Gasteiger partial charge in [0.1, 0.15) is 5.82 Å². The van der Waals surface area contributed by atoms with Gasteiger partial charge in [-0.15, -0.1) is 0 Å². The second kappa shape index (κ2) is 7.47. The number of fused-ring (bicyclic) bond motifs is 3. The second-order valence-electron chi connectivity index (χ2n) is 8.57. The van der Waals surface area contributed by atoms with E-state index in [1.54, 1.807) is 25.2 Å². The summed E-state index contributed by atoms with van der Waals surface area (Å²) < 4.78 is 18.6. The Kier molecular flexibility index (Phi) is 4.73. The van der Waals surface area contributed by atoms with Crippen LogP contribution in [0.25, 0.3) is 11.2 Å². The van der Waals surface area contributed by atoms with Gasteiger partial charge in [-0.3, -0.25) is 13.9 Å². The molecule has 1 aliphatic rings. The SMILES string of the molecule is Cc1cccc(N2C[C@@H](C)Cn3c2nc2c3c(=O)n(Cc3ccccc3F)c(=O)n2C)c1. The van der Waals surface area contributed by atoms with Crippen LogP contribution < -0.4 is 16.1 Å². The lowest BCUT2D eigenvalue weighted by Gasteiger charge is -2.33. The minimum atomic E-state index is -0.517. The van der Waals surface area contributed by atoms with E-state index in [4.69, 9.17) is 4.98 Å². The number of hydrogen-bond acceptors (Lipinski definition) is 4. The molecule has 7 nitrogen and oxygen atoms in total. The highest BCUT2D eigenvalue weighted by Gasteiger charge is 2.30. The zero-order valence-corrected chi connectivity index (χ0v) is 18.2. The van der Waals surface area contributed by atoms with Gasteiger partial charge in [0.2, 0.25) is 5.95 Å². The number of imidazole rings is 1. The first kappa shape index (κ1) is 20.2. The largest absolute Gasteiger partial charge is 0.332 e. The number of anilines is 2. The maximum absolute atomic E-state index is 14.2. The molecule has 0 aliphatic carbocycles. The van der Waals surface area contributed by atoms with Crippen molar-refractivity contribution in [1.29, 1.82) is 0 Å². The molecule has 0 radical (unpaired) electrons. The van der Waals surface area contributed by atoms with Gasteiger partial charge in [-0.05, 0) is 36.6 Å². The Hall–Kier alpha value is -3.68. The standard InChI is InChI=1S/C24H24FN5O2/c1-15-7-6-9-18(11-15)28-12-16(2)13-29-20-21(26-23(28)29)27(3)24(32)30(22(20)31)14-17-8-4-5-10-19(17)25/h4-11,16H,12-14H2,1-3H3/t16-/m1/s1. The van der Waals surface area contributed by atoms with Crippen molar-refractivity contribution < 1.29 is 4.39 Å². The summed E-state index contributed by atoms with van der Waals surface area (Å²) in [5.74, 6) is 0.451. The Balaban J connectivity index is 1.74. The molecule has 3 heterocycles. The Morgan fingerprint density at radius 1 is 1.09 bits per heavy atom. The number of aromatic nitrogens is 4. The highest BCUT2D eigenvalue weighted by molar-refractivity contribution is 5.77. The third-order valence-corrected chi connectivity index (χ3v) is 6.04. The molecular formula is C24H24FN5O2. The van der Waals surface area contributed by atoms with Crippen LogP contribution in [0.2, 0.25) is 0 Å². The van der Waals surface area contributed by atoms with E-state index in [-0.39, 0.29) is 12.5 Å². The van der Waals surface area contributed by atoms with E-state index in [9.17, 15) is 14.0 Å². The molecule has 0 spiro atoms. The summed E-state index contributed by atoms with van der Waals surface area (Å²) >= 11 is 0. The minimum Gasteiger partial charge on any atom is -0.312 e. The summed E-state index contributed by atoms with van der Waals surface area (Å²) in [6.07, 6.45) is 0. The molecule has 2 aromatic heterocycles. The molecular weight excluding hydrogens is 409 g/mol. The topological polar surface area (TPSA) is 65.1 Å². The van der Waals surface area contributed by atoms with Crippen LogP contribution in [0.3, 0.4) is 0 Å². The quantitative estimate of drug-likeness (QED) is 0.498. The Morgan fingerprint density at radius 3 is 2.62 bits per heavy atom. The smallest absolute Gasteiger partial charge is 0.312 e. The van der Waals surface area contributed by atoms with Crippen LogP contribution in [0.4, 0.5) is 16.0 Å². The average molecular weight is 433 g/mol. The molecule has 32 heavy (non-hydrogen) atoms. The lowest BCUT2D eigenvalue weighted by atomic mass is 10.1. The lowest BCUT2D eigenvalue weighted by Crippen LogP contribution is -2.40. The zero-order chi connectivity index (χ0) is 22.6. The van der Waals surface area contributed by atoms with Gasteiger partial charge in [-0.25, -0.2) is 9.18 Å². The highest BCUT2D eigenvalue weighted by Crippen LogP contribution is 2.33. The van der Waals surface area contributed by atoms with Gasteiger partial charge in [-0.2, -0.15) is 4.98 Å². The first-order valence-corrected chi connectivity index (χ1v) is 10.6. The Bertz CT molecular complexity index is 1470. The summed E-state index contributed by atoms with van der Waals surface area (Å²) in [6.45, 7) is 5.39. The van der Waals surface area contributed by atoms with E-state index in [2.05, 4.69) is 17.9 Å². The van der Waals surface area contributed by atoms with Gasteiger partial charge in [0.25, 0.3) is 5.56 Å². The minimum absolute atomic E-state index is 0.133. The van der Waals surface area contributed by atoms with Crippen molar-refractivity contribution >= 4 is 22.8 Å². The fourth-order valence-corrected chi connectivity index (χ4v) is 4.45. The predicted molar refractivity (Wildman–Crippen MR) is 122 cm³/mol. The molecule has 0 saturated carbocycles. The molecule has 0 saturated heterocycles. The molecule has 0 fully saturated rings. The third kappa shape index (κ3) is 3.14. The van der Waals surface area contributed by atoms with Crippen LogP contribution in [0.15, 0.2) is 58.1 Å². The van der Waals surface area contributed by atoms with Crippen LogP contribution in [0.1, 0.15) is 18.1 Å². The van der Waals surface area contributed by atoms with Gasteiger partial charge in [0, 0.05) is 31.4 Å². The van der Waals surface area contributed by atoms with Crippen molar-refractivity contribution in [2.24, 2.45) is 13.0 Å². The van der Waals surface area contributed by atoms with Crippen molar-refractivity contribution in [2.75, 3.05) is 11.4 Å². The van der Waals surface area contributed by atoms with Crippen LogP contribution >= 0.6 is 0 Å². The van der Waals surface area contributed by atoms with E-state index >= 15 is 0 Å². The molecule has 1 aliphatic heterocycles. The summed E-state index contributed by atoms with van der Waals surface area (Å²) in [7, 11) is 1.60. The lowest BCUT2D eigenvalue weighted by molar-refractivity contribution is 0.458. The van der Waals surface area contributed by atoms with Crippen molar-refractivity contribution in [3.63, 3.8) is 0 Å². The van der Waals surface area contributed by atoms with Crippen molar-refractivity contribution in [2.45, 2.75) is 26.9 Å². The number of benzene rings is 2. The monoisotopic (exact) mass is 433 g/mol. The average Bonchev–Trinajstić information content (AvgIpc) is 3.15. The maximum Gasteiger partial charge on any atom is 0.332 e. The maximum atomic E-state index is 14.2. The molecule has 2 aromatic carbocycles. The van der Waals surface area contributed by atoms with Crippen molar-refractivity contribution in [1.82, 2.24) is 18.7 Å². The number of aryl methyl sites for hydroxylation is 2. The number of hydrogen-bond donors (Lipinski definition) is 0. The molecule has 8 heteroatoms. The summed E-state index contributed by atoms with van der Waals surface area (Å²) in [4.78, 5) is 33.4. The molecule has 0 N–H and O–H groups in total. The number of halogens is 1. The predicted octanol–water partition coefficient (Wildman–Crippen LogP) is 3.18. The van der Waals surface area contributed by atoms with Gasteiger partial charge >= 0.3 is 5.69 Å². The van der Waals surface area contributed by atoms with Gasteiger partial charge in [0.15, 0.2) is 11.2 Å². The van der Waals surface area contributed by atoms with Crippen LogP contribution in [-0.4, -0.2) is 25.2 Å². The van der Waals surface area contributed by atoms with Crippen molar-refractivity contribution in [3.05, 3.63) is 86.3 Å². The molecule has 4 aromatic rings. The third-order valence-electron chi connectivity index (χ3n) is 6.04. The fraction of sp³-hybridized carbons (Fsp3) is 0.292. The Morgan fingerprint density at radius 2 is 1.88 bits per heavy atom. The van der Waals surface area contributed by atoms with E-state index in [0.29, 0.717) is 29.2 Å². The first-order chi connectivity index (χ1) is 15.3. The van der Waals surface area contributed by atoms with Gasteiger partial charge in [-0.1, -0.05) is 37.3 Å². The second-order valence-corrected chi connectivity index (χ2v) is 8.57. The molecule has 5 rings (SSSR count). The number of rotatable bonds is 3. The van der Waals surface area contributed by atoms with E-state index < -0.39 is 17.1 Å². The van der Waals surface area contributed by atoms with E-state index in [1.807, 2.05) is 29.7 Å². The molecule has 164 valence electrons. The molecule has 1 atom stereocenters. The highest BCUT2D eigenvalue weighted by atomic mass is 19.1. The molecule has 0 unspecified atom stereocenters. The van der Waals surface area contributed by atoms with Crippen LogP contribution in [0, 0.1) is 18.7 Å². The molecule has 0 amide bonds. The zero-order valence-electron chi connectivity index (χ0n) is 18.2. The van der Waals surface area contributed by atoms with Crippen LogP contribution in [0.5, 0.6) is 0 Å². The van der Waals surface area contributed by atoms with Gasteiger partial charge < -0.3 is 9.47 Å². The number of nitrogens with zero attached hydrogens (tertiary/aromatic N) is 5. The normalized spacial score (nSPS) is 15.9.